The summed E-state index contributed by atoms with van der Waals surface area (Å²) in [5.41, 5.74) is 3.02. The Kier molecular flexibility index (Phi) is 4.33. The molecule has 4 rings (SSSR count). The second-order valence-corrected chi connectivity index (χ2v) is 6.28. The third-order valence-corrected chi connectivity index (χ3v) is 4.42. The predicted octanol–water partition coefficient (Wildman–Crippen LogP) is 5.25. The highest BCUT2D eigenvalue weighted by Gasteiger charge is 2.08. The number of rotatable bonds is 3. The van der Waals surface area contributed by atoms with E-state index in [-0.39, 0.29) is 5.43 Å². The fourth-order valence-electron chi connectivity index (χ4n) is 2.77. The van der Waals surface area contributed by atoms with Gasteiger partial charge in [-0.2, -0.15) is 0 Å². The molecule has 0 amide bonds. The number of benzene rings is 3. The topological polar surface area (TPSA) is 42.2 Å². The summed E-state index contributed by atoms with van der Waals surface area (Å²) in [5, 5.41) is 3.69. The van der Waals surface area contributed by atoms with Gasteiger partial charge in [-0.15, -0.1) is 0 Å². The molecule has 26 heavy (non-hydrogen) atoms. The summed E-state index contributed by atoms with van der Waals surface area (Å²) in [4.78, 5) is 13.2. The van der Waals surface area contributed by atoms with Crippen LogP contribution in [0.25, 0.3) is 22.3 Å². The summed E-state index contributed by atoms with van der Waals surface area (Å²) < 4.78 is 5.91. The first-order chi connectivity index (χ1) is 12.7. The first kappa shape index (κ1) is 16.2. The number of thiocarbonyl (C=S) groups is 1. The van der Waals surface area contributed by atoms with Gasteiger partial charge in [0.1, 0.15) is 16.3 Å². The molecule has 0 unspecified atom stereocenters. The number of fused-ring (bicyclic) bond motifs is 1. The molecule has 3 nitrogen and oxygen atoms in total. The lowest BCUT2D eigenvalue weighted by Gasteiger charge is -2.09. The van der Waals surface area contributed by atoms with Crippen molar-refractivity contribution in [3.8, 4) is 11.3 Å². The summed E-state index contributed by atoms with van der Waals surface area (Å²) in [7, 11) is 0. The van der Waals surface area contributed by atoms with Crippen molar-refractivity contribution in [1.82, 2.24) is 0 Å². The van der Waals surface area contributed by atoms with Crippen LogP contribution in [0.5, 0.6) is 0 Å². The maximum absolute atomic E-state index is 12.6. The van der Waals surface area contributed by atoms with E-state index in [9.17, 15) is 4.79 Å². The van der Waals surface area contributed by atoms with Crippen LogP contribution >= 0.6 is 12.2 Å². The monoisotopic (exact) mass is 357 g/mol. The fraction of sp³-hybridized carbons (Fsp3) is 0. The molecular weight excluding hydrogens is 342 g/mol. The van der Waals surface area contributed by atoms with Crippen molar-refractivity contribution < 1.29 is 4.42 Å². The summed E-state index contributed by atoms with van der Waals surface area (Å²) >= 11 is 5.43. The SMILES string of the molecule is O=c1cc(-c2ccccc2)oc2ccc(NC(=S)c3ccccc3)cc12. The quantitative estimate of drug-likeness (QED) is 0.509. The van der Waals surface area contributed by atoms with E-state index in [2.05, 4.69) is 5.32 Å². The van der Waals surface area contributed by atoms with Crippen LogP contribution in [0.2, 0.25) is 0 Å². The Hall–Kier alpha value is -3.24. The lowest BCUT2D eigenvalue weighted by Crippen LogP contribution is -2.10. The van der Waals surface area contributed by atoms with Gasteiger partial charge in [0, 0.05) is 22.9 Å². The first-order valence-electron chi connectivity index (χ1n) is 8.20. The van der Waals surface area contributed by atoms with Gasteiger partial charge in [-0.1, -0.05) is 72.9 Å². The number of hydrogen-bond acceptors (Lipinski definition) is 3. The van der Waals surface area contributed by atoms with Gasteiger partial charge >= 0.3 is 0 Å². The molecule has 1 heterocycles. The number of hydrogen-bond donors (Lipinski definition) is 1. The molecule has 0 aliphatic heterocycles. The molecule has 4 aromatic rings. The Bertz CT molecular complexity index is 1140. The first-order valence-corrected chi connectivity index (χ1v) is 8.61. The van der Waals surface area contributed by atoms with Gasteiger partial charge in [0.05, 0.1) is 5.39 Å². The van der Waals surface area contributed by atoms with Crippen LogP contribution in [0.15, 0.2) is 94.1 Å². The highest BCUT2D eigenvalue weighted by atomic mass is 32.1. The van der Waals surface area contributed by atoms with Crippen LogP contribution in [-0.2, 0) is 0 Å². The largest absolute Gasteiger partial charge is 0.456 e. The van der Waals surface area contributed by atoms with Gasteiger partial charge in [0.2, 0.25) is 0 Å². The highest BCUT2D eigenvalue weighted by molar-refractivity contribution is 7.81. The molecule has 0 fully saturated rings. The zero-order valence-electron chi connectivity index (χ0n) is 13.8. The predicted molar refractivity (Wildman–Crippen MR) is 110 cm³/mol. The molecule has 126 valence electrons. The van der Waals surface area contributed by atoms with Gasteiger partial charge in [0.25, 0.3) is 0 Å². The van der Waals surface area contributed by atoms with Crippen LogP contribution in [-0.4, -0.2) is 4.99 Å². The Morgan fingerprint density at radius 2 is 1.54 bits per heavy atom. The molecule has 0 spiro atoms. The molecule has 0 bridgehead atoms. The van der Waals surface area contributed by atoms with Crippen molar-refractivity contribution in [3.63, 3.8) is 0 Å². The van der Waals surface area contributed by atoms with Gasteiger partial charge in [0.15, 0.2) is 5.43 Å². The minimum atomic E-state index is -0.0839. The second-order valence-electron chi connectivity index (χ2n) is 5.87. The Morgan fingerprint density at radius 3 is 2.27 bits per heavy atom. The Morgan fingerprint density at radius 1 is 0.846 bits per heavy atom. The van der Waals surface area contributed by atoms with E-state index in [1.54, 1.807) is 12.1 Å². The summed E-state index contributed by atoms with van der Waals surface area (Å²) in [6.07, 6.45) is 0. The number of nitrogens with one attached hydrogen (secondary N) is 1. The summed E-state index contributed by atoms with van der Waals surface area (Å²) in [6.45, 7) is 0. The molecule has 0 atom stereocenters. The maximum atomic E-state index is 12.6. The Balaban J connectivity index is 1.69. The molecule has 0 aliphatic rings. The molecule has 4 heteroatoms. The third kappa shape index (κ3) is 3.27. The van der Waals surface area contributed by atoms with E-state index in [1.165, 1.54) is 6.07 Å². The van der Waals surface area contributed by atoms with E-state index in [4.69, 9.17) is 16.6 Å². The van der Waals surface area contributed by atoms with Crippen molar-refractivity contribution >= 4 is 33.9 Å². The van der Waals surface area contributed by atoms with E-state index in [0.29, 0.717) is 21.7 Å². The lowest BCUT2D eigenvalue weighted by molar-refractivity contribution is 0.619. The van der Waals surface area contributed by atoms with Crippen molar-refractivity contribution in [3.05, 3.63) is 101 Å². The average molecular weight is 357 g/mol. The second kappa shape index (κ2) is 6.94. The van der Waals surface area contributed by atoms with Crippen molar-refractivity contribution in [2.45, 2.75) is 0 Å². The zero-order valence-corrected chi connectivity index (χ0v) is 14.6. The Labute approximate surface area is 155 Å². The van der Waals surface area contributed by atoms with Crippen molar-refractivity contribution in [2.75, 3.05) is 5.32 Å². The standard InChI is InChI=1S/C22H15NO2S/c24-19-14-21(15-7-3-1-4-8-15)25-20-12-11-17(13-18(19)20)23-22(26)16-9-5-2-6-10-16/h1-14H,(H,23,26). The highest BCUT2D eigenvalue weighted by Crippen LogP contribution is 2.24. The smallest absolute Gasteiger partial charge is 0.193 e. The van der Waals surface area contributed by atoms with E-state index < -0.39 is 0 Å². The van der Waals surface area contributed by atoms with Gasteiger partial charge in [-0.25, -0.2) is 0 Å². The van der Waals surface area contributed by atoms with Crippen LogP contribution in [0, 0.1) is 0 Å². The van der Waals surface area contributed by atoms with Crippen molar-refractivity contribution in [1.29, 1.82) is 0 Å². The van der Waals surface area contributed by atoms with E-state index >= 15 is 0 Å². The summed E-state index contributed by atoms with van der Waals surface area (Å²) in [6, 6.07) is 26.2. The van der Waals surface area contributed by atoms with Crippen molar-refractivity contribution in [2.24, 2.45) is 0 Å². The average Bonchev–Trinajstić information content (AvgIpc) is 2.69. The molecule has 0 saturated carbocycles. The molecule has 1 N–H and O–H groups in total. The van der Waals surface area contributed by atoms with Crippen LogP contribution in [0.3, 0.4) is 0 Å². The minimum Gasteiger partial charge on any atom is -0.456 e. The number of anilines is 1. The maximum Gasteiger partial charge on any atom is 0.193 e. The summed E-state index contributed by atoms with van der Waals surface area (Å²) in [5.74, 6) is 0.559. The molecular formula is C22H15NO2S. The minimum absolute atomic E-state index is 0.0839. The molecule has 0 aliphatic carbocycles. The third-order valence-electron chi connectivity index (χ3n) is 4.08. The van der Waals surface area contributed by atoms with Gasteiger partial charge in [-0.3, -0.25) is 4.79 Å². The van der Waals surface area contributed by atoms with Crippen LogP contribution in [0.4, 0.5) is 5.69 Å². The molecule has 0 saturated heterocycles. The van der Waals surface area contributed by atoms with E-state index in [0.717, 1.165) is 16.8 Å². The van der Waals surface area contributed by atoms with Crippen LogP contribution in [0.1, 0.15) is 5.56 Å². The fourth-order valence-corrected chi connectivity index (χ4v) is 3.03. The molecule has 0 radical (unpaired) electrons. The lowest BCUT2D eigenvalue weighted by atomic mass is 10.1. The molecule has 3 aromatic carbocycles. The van der Waals surface area contributed by atoms with Gasteiger partial charge in [-0.05, 0) is 18.2 Å². The molecule has 1 aromatic heterocycles. The van der Waals surface area contributed by atoms with Crippen LogP contribution < -0.4 is 10.7 Å². The van der Waals surface area contributed by atoms with Gasteiger partial charge < -0.3 is 9.73 Å². The van der Waals surface area contributed by atoms with E-state index in [1.807, 2.05) is 66.7 Å². The zero-order chi connectivity index (χ0) is 17.9. The normalized spacial score (nSPS) is 10.6.